The van der Waals surface area contributed by atoms with Crippen LogP contribution in [0.4, 0.5) is 0 Å². The number of rotatable bonds is 6. The average molecular weight is 401 g/mol. The second-order valence-electron chi connectivity index (χ2n) is 6.30. The van der Waals surface area contributed by atoms with Gasteiger partial charge in [0.2, 0.25) is 5.91 Å². The van der Waals surface area contributed by atoms with E-state index in [1.54, 1.807) is 11.8 Å². The third-order valence-corrected chi connectivity index (χ3v) is 5.32. The van der Waals surface area contributed by atoms with Crippen LogP contribution in [-0.2, 0) is 10.5 Å². The largest absolute Gasteiger partial charge is 0.347 e. The molecule has 7 heteroatoms. The fourth-order valence-corrected chi connectivity index (χ4v) is 3.87. The van der Waals surface area contributed by atoms with Crippen molar-refractivity contribution in [2.75, 3.05) is 0 Å². The summed E-state index contributed by atoms with van der Waals surface area (Å²) < 4.78 is 1.98. The van der Waals surface area contributed by atoms with Crippen molar-refractivity contribution < 1.29 is 4.79 Å². The van der Waals surface area contributed by atoms with E-state index in [-0.39, 0.29) is 11.9 Å². The van der Waals surface area contributed by atoms with Gasteiger partial charge in [-0.15, -0.1) is 10.2 Å². The molecule has 0 fully saturated rings. The third-order valence-electron chi connectivity index (χ3n) is 4.09. The molecule has 0 bridgehead atoms. The molecule has 1 unspecified atom stereocenters. The van der Waals surface area contributed by atoms with Crippen LogP contribution in [0.25, 0.3) is 5.69 Å². The summed E-state index contributed by atoms with van der Waals surface area (Å²) in [5, 5.41) is 13.0. The predicted octanol–water partition coefficient (Wildman–Crippen LogP) is 4.72. The van der Waals surface area contributed by atoms with E-state index in [0.717, 1.165) is 22.2 Å². The quantitative estimate of drug-likeness (QED) is 0.608. The molecule has 1 atom stereocenters. The normalized spacial score (nSPS) is 12.0. The summed E-state index contributed by atoms with van der Waals surface area (Å²) in [6, 6.07) is 15.7. The monoisotopic (exact) mass is 400 g/mol. The molecule has 5 nitrogen and oxygen atoms in total. The second kappa shape index (κ2) is 8.59. The minimum atomic E-state index is -0.278. The van der Waals surface area contributed by atoms with Crippen LogP contribution in [-0.4, -0.2) is 20.7 Å². The zero-order chi connectivity index (χ0) is 19.4. The molecule has 0 saturated carbocycles. The number of halogens is 1. The van der Waals surface area contributed by atoms with E-state index in [0.29, 0.717) is 10.8 Å². The average Bonchev–Trinajstić information content (AvgIpc) is 3.06. The molecule has 3 rings (SSSR count). The van der Waals surface area contributed by atoms with Crippen molar-refractivity contribution >= 4 is 29.3 Å². The molecule has 1 heterocycles. The topological polar surface area (TPSA) is 59.8 Å². The molecule has 0 radical (unpaired) electrons. The van der Waals surface area contributed by atoms with Gasteiger partial charge in [-0.2, -0.15) is 0 Å². The molecule has 1 aromatic heterocycles. The minimum absolute atomic E-state index is 0.113. The maximum atomic E-state index is 11.5. The predicted molar refractivity (Wildman–Crippen MR) is 109 cm³/mol. The molecule has 140 valence electrons. The summed E-state index contributed by atoms with van der Waals surface area (Å²) in [6.07, 6.45) is 0. The van der Waals surface area contributed by atoms with Gasteiger partial charge in [-0.25, -0.2) is 0 Å². The number of aromatic nitrogens is 3. The molecule has 27 heavy (non-hydrogen) atoms. The van der Waals surface area contributed by atoms with Crippen molar-refractivity contribution in [3.05, 3.63) is 70.5 Å². The molecule has 3 aromatic rings. The molecular formula is C20H21ClN4OS. The number of carbonyl (C=O) groups is 1. The van der Waals surface area contributed by atoms with E-state index in [4.69, 9.17) is 11.6 Å². The Morgan fingerprint density at radius 2 is 1.96 bits per heavy atom. The van der Waals surface area contributed by atoms with E-state index in [1.807, 2.05) is 54.8 Å². The first-order chi connectivity index (χ1) is 13.0. The molecule has 1 N–H and O–H groups in total. The van der Waals surface area contributed by atoms with Crippen LogP contribution >= 0.6 is 23.4 Å². The maximum Gasteiger partial charge on any atom is 0.217 e. The van der Waals surface area contributed by atoms with Gasteiger partial charge < -0.3 is 5.32 Å². The summed E-state index contributed by atoms with van der Waals surface area (Å²) in [5.41, 5.74) is 3.17. The van der Waals surface area contributed by atoms with Crippen LogP contribution in [0.5, 0.6) is 0 Å². The van der Waals surface area contributed by atoms with E-state index < -0.39 is 0 Å². The fourth-order valence-electron chi connectivity index (χ4n) is 2.80. The number of hydrogen-bond acceptors (Lipinski definition) is 4. The smallest absolute Gasteiger partial charge is 0.217 e. The van der Waals surface area contributed by atoms with Crippen LogP contribution < -0.4 is 5.32 Å². The Morgan fingerprint density at radius 1 is 1.22 bits per heavy atom. The number of benzene rings is 2. The number of nitrogens with zero attached hydrogens (tertiary/aromatic N) is 3. The van der Waals surface area contributed by atoms with Crippen molar-refractivity contribution in [3.8, 4) is 5.69 Å². The highest BCUT2D eigenvalue weighted by Gasteiger charge is 2.21. The molecule has 0 aliphatic heterocycles. The lowest BCUT2D eigenvalue weighted by Crippen LogP contribution is -2.26. The highest BCUT2D eigenvalue weighted by Crippen LogP contribution is 2.30. The Balaban J connectivity index is 2.01. The van der Waals surface area contributed by atoms with Crippen molar-refractivity contribution in [2.45, 2.75) is 37.7 Å². The number of aryl methyl sites for hydroxylation is 1. The molecule has 0 aliphatic carbocycles. The fraction of sp³-hybridized carbons (Fsp3) is 0.250. The number of hydrogen-bond donors (Lipinski definition) is 1. The summed E-state index contributed by atoms with van der Waals surface area (Å²) in [5.74, 6) is 1.33. The zero-order valence-electron chi connectivity index (χ0n) is 15.4. The Morgan fingerprint density at radius 3 is 2.67 bits per heavy atom. The van der Waals surface area contributed by atoms with Gasteiger partial charge in [-0.1, -0.05) is 59.8 Å². The summed E-state index contributed by atoms with van der Waals surface area (Å²) >= 11 is 7.84. The van der Waals surface area contributed by atoms with Crippen molar-refractivity contribution in [1.82, 2.24) is 20.1 Å². The molecule has 0 spiro atoms. The lowest BCUT2D eigenvalue weighted by atomic mass is 10.2. The van der Waals surface area contributed by atoms with Crippen molar-refractivity contribution in [3.63, 3.8) is 0 Å². The zero-order valence-corrected chi connectivity index (χ0v) is 17.0. The van der Waals surface area contributed by atoms with Crippen LogP contribution in [0, 0.1) is 6.92 Å². The minimum Gasteiger partial charge on any atom is -0.347 e. The van der Waals surface area contributed by atoms with Gasteiger partial charge in [0.15, 0.2) is 11.0 Å². The van der Waals surface area contributed by atoms with Gasteiger partial charge in [-0.3, -0.25) is 9.36 Å². The first-order valence-electron chi connectivity index (χ1n) is 8.61. The van der Waals surface area contributed by atoms with Crippen molar-refractivity contribution in [2.24, 2.45) is 0 Å². The lowest BCUT2D eigenvalue weighted by Gasteiger charge is -2.17. The van der Waals surface area contributed by atoms with Gasteiger partial charge >= 0.3 is 0 Å². The third kappa shape index (κ3) is 4.70. The molecule has 0 aliphatic rings. The number of nitrogens with one attached hydrogen (secondary N) is 1. The van der Waals surface area contributed by atoms with E-state index in [9.17, 15) is 4.79 Å². The molecule has 2 aromatic carbocycles. The number of thioether (sulfide) groups is 1. The lowest BCUT2D eigenvalue weighted by molar-refractivity contribution is -0.119. The number of amides is 1. The SMILES string of the molecule is CC(=O)NC(C)c1nnc(SCc2ccccc2)n1-c1cc(Cl)ccc1C. The Labute approximate surface area is 168 Å². The Hall–Kier alpha value is -2.31. The van der Waals surface area contributed by atoms with Crippen molar-refractivity contribution in [1.29, 1.82) is 0 Å². The summed E-state index contributed by atoms with van der Waals surface area (Å²) in [6.45, 7) is 5.41. The van der Waals surface area contributed by atoms with Gasteiger partial charge in [0.25, 0.3) is 0 Å². The molecule has 0 saturated heterocycles. The van der Waals surface area contributed by atoms with E-state index in [2.05, 4.69) is 27.6 Å². The second-order valence-corrected chi connectivity index (χ2v) is 7.68. The first-order valence-corrected chi connectivity index (χ1v) is 9.97. The highest BCUT2D eigenvalue weighted by molar-refractivity contribution is 7.98. The number of carbonyl (C=O) groups excluding carboxylic acids is 1. The molecule has 1 amide bonds. The first kappa shape index (κ1) is 19.5. The van der Waals surface area contributed by atoms with Crippen LogP contribution in [0.15, 0.2) is 53.7 Å². The Kier molecular flexibility index (Phi) is 6.19. The Bertz CT molecular complexity index is 942. The van der Waals surface area contributed by atoms with Crippen LogP contribution in [0.2, 0.25) is 5.02 Å². The summed E-state index contributed by atoms with van der Waals surface area (Å²) in [4.78, 5) is 11.5. The summed E-state index contributed by atoms with van der Waals surface area (Å²) in [7, 11) is 0. The molecular weight excluding hydrogens is 380 g/mol. The maximum absolute atomic E-state index is 11.5. The van der Waals surface area contributed by atoms with Crippen LogP contribution in [0.1, 0.15) is 36.8 Å². The van der Waals surface area contributed by atoms with Crippen LogP contribution in [0.3, 0.4) is 0 Å². The van der Waals surface area contributed by atoms with Gasteiger partial charge in [-0.05, 0) is 37.1 Å². The standard InChI is InChI=1S/C20H21ClN4OS/c1-13-9-10-17(21)11-18(13)25-19(14(2)22-15(3)26)23-24-20(25)27-12-16-7-5-4-6-8-16/h4-11,14H,12H2,1-3H3,(H,22,26). The van der Waals surface area contributed by atoms with E-state index in [1.165, 1.54) is 12.5 Å². The highest BCUT2D eigenvalue weighted by atomic mass is 35.5. The van der Waals surface area contributed by atoms with E-state index >= 15 is 0 Å². The van der Waals surface area contributed by atoms with Gasteiger partial charge in [0, 0.05) is 17.7 Å². The van der Waals surface area contributed by atoms with Gasteiger partial charge in [0.05, 0.1) is 11.7 Å². The van der Waals surface area contributed by atoms with Gasteiger partial charge in [0.1, 0.15) is 0 Å².